The highest BCUT2D eigenvalue weighted by Crippen LogP contribution is 2.14. The van der Waals surface area contributed by atoms with Crippen molar-refractivity contribution in [3.8, 4) is 0 Å². The summed E-state index contributed by atoms with van der Waals surface area (Å²) in [7, 11) is 0. The van der Waals surface area contributed by atoms with Crippen molar-refractivity contribution < 1.29 is 9.53 Å². The lowest BCUT2D eigenvalue weighted by Crippen LogP contribution is -2.05. The van der Waals surface area contributed by atoms with Crippen LogP contribution in [0, 0.1) is 0 Å². The van der Waals surface area contributed by atoms with Gasteiger partial charge in [-0.2, -0.15) is 0 Å². The van der Waals surface area contributed by atoms with E-state index in [0.29, 0.717) is 12.2 Å². The van der Waals surface area contributed by atoms with Crippen LogP contribution in [0.25, 0.3) is 10.4 Å². The fourth-order valence-electron chi connectivity index (χ4n) is 0.983. The number of hydrogen-bond acceptors (Lipinski definition) is 3. The molecule has 1 atom stereocenters. The molecule has 68 valence electrons. The van der Waals surface area contributed by atoms with E-state index in [1.165, 1.54) is 6.92 Å². The molecule has 0 amide bonds. The van der Waals surface area contributed by atoms with E-state index in [0.717, 1.165) is 0 Å². The predicted octanol–water partition coefficient (Wildman–Crippen LogP) is 2.07. The Bertz CT molecular complexity index is 313. The monoisotopic (exact) mass is 179 g/mol. The first-order chi connectivity index (χ1) is 6.22. The summed E-state index contributed by atoms with van der Waals surface area (Å²) in [6.45, 7) is 1.34. The summed E-state index contributed by atoms with van der Waals surface area (Å²) >= 11 is 0. The Labute approximate surface area is 75.3 Å². The zero-order valence-electron chi connectivity index (χ0n) is 7.17. The molecule has 0 aliphatic heterocycles. The van der Waals surface area contributed by atoms with Gasteiger partial charge in [-0.3, -0.25) is 4.79 Å². The van der Waals surface area contributed by atoms with Crippen molar-refractivity contribution in [3.05, 3.63) is 34.4 Å². The summed E-state index contributed by atoms with van der Waals surface area (Å²) < 4.78 is 4.82. The average molecular weight is 179 g/mol. The van der Waals surface area contributed by atoms with Crippen LogP contribution in [-0.4, -0.2) is 12.0 Å². The van der Waals surface area contributed by atoms with E-state index >= 15 is 0 Å². The van der Waals surface area contributed by atoms with E-state index < -0.39 is 0 Å². The molecule has 5 nitrogen and oxygen atoms in total. The molecule has 0 aromatic rings. The van der Waals surface area contributed by atoms with Crippen LogP contribution < -0.4 is 0 Å². The Morgan fingerprint density at radius 3 is 3.08 bits per heavy atom. The van der Waals surface area contributed by atoms with Gasteiger partial charge in [0.05, 0.1) is 6.04 Å². The van der Waals surface area contributed by atoms with Gasteiger partial charge in [0, 0.05) is 11.8 Å². The molecule has 0 heterocycles. The molecule has 0 aromatic heterocycles. The topological polar surface area (TPSA) is 75.1 Å². The number of carbonyl (C=O) groups is 1. The van der Waals surface area contributed by atoms with E-state index in [1.807, 2.05) is 0 Å². The summed E-state index contributed by atoms with van der Waals surface area (Å²) in [5.41, 5.74) is 8.15. The van der Waals surface area contributed by atoms with Gasteiger partial charge in [0.2, 0.25) is 0 Å². The quantitative estimate of drug-likeness (QED) is 0.281. The standard InChI is InChI=1S/C8H9N3O2/c1-6(12)13-8-4-2-7(3-5-8)10-11-9/h2,4-5,7H,3H2,1H3/t7-/m0/s1. The average Bonchev–Trinajstić information content (AvgIpc) is 2.08. The summed E-state index contributed by atoms with van der Waals surface area (Å²) in [6, 6.07) is -0.163. The Morgan fingerprint density at radius 1 is 1.85 bits per heavy atom. The first-order valence-corrected chi connectivity index (χ1v) is 3.83. The van der Waals surface area contributed by atoms with E-state index in [-0.39, 0.29) is 12.0 Å². The Balaban J connectivity index is 2.54. The molecule has 0 unspecified atom stereocenters. The van der Waals surface area contributed by atoms with Crippen molar-refractivity contribution >= 4 is 5.97 Å². The van der Waals surface area contributed by atoms with Crippen LogP contribution in [0.5, 0.6) is 0 Å². The van der Waals surface area contributed by atoms with Crippen molar-refractivity contribution in [1.29, 1.82) is 0 Å². The molecule has 0 saturated heterocycles. The molecular weight excluding hydrogens is 170 g/mol. The molecule has 5 heteroatoms. The van der Waals surface area contributed by atoms with Gasteiger partial charge in [-0.1, -0.05) is 11.2 Å². The maximum absolute atomic E-state index is 10.5. The van der Waals surface area contributed by atoms with E-state index in [2.05, 4.69) is 10.0 Å². The highest BCUT2D eigenvalue weighted by molar-refractivity contribution is 5.67. The van der Waals surface area contributed by atoms with Gasteiger partial charge in [-0.05, 0) is 24.1 Å². The second kappa shape index (κ2) is 4.33. The number of allylic oxidation sites excluding steroid dienone is 1. The van der Waals surface area contributed by atoms with Crippen molar-refractivity contribution in [2.24, 2.45) is 5.11 Å². The Morgan fingerprint density at radius 2 is 2.62 bits per heavy atom. The smallest absolute Gasteiger partial charge is 0.308 e. The van der Waals surface area contributed by atoms with Crippen LogP contribution in [0.4, 0.5) is 0 Å². The third-order valence-electron chi connectivity index (χ3n) is 1.50. The van der Waals surface area contributed by atoms with Gasteiger partial charge in [0.15, 0.2) is 0 Å². The number of nitrogens with zero attached hydrogens (tertiary/aromatic N) is 3. The van der Waals surface area contributed by atoms with Gasteiger partial charge in [0.25, 0.3) is 0 Å². The molecule has 1 aliphatic rings. The molecule has 0 N–H and O–H groups in total. The predicted molar refractivity (Wildman–Crippen MR) is 46.5 cm³/mol. The maximum atomic E-state index is 10.5. The van der Waals surface area contributed by atoms with Crippen molar-refractivity contribution in [1.82, 2.24) is 0 Å². The molecule has 0 bridgehead atoms. The second-order valence-electron chi connectivity index (χ2n) is 2.57. The van der Waals surface area contributed by atoms with Crippen molar-refractivity contribution in [2.75, 3.05) is 0 Å². The second-order valence-corrected chi connectivity index (χ2v) is 2.57. The lowest BCUT2D eigenvalue weighted by Gasteiger charge is -2.10. The number of azide groups is 1. The van der Waals surface area contributed by atoms with Crippen LogP contribution >= 0.6 is 0 Å². The SMILES string of the molecule is CC(=O)OC1=CC[C@@H](N=[N+]=[N-])C=C1. The number of carbonyl (C=O) groups excluding carboxylic acids is 1. The zero-order chi connectivity index (χ0) is 9.68. The van der Waals surface area contributed by atoms with E-state index in [4.69, 9.17) is 10.3 Å². The third-order valence-corrected chi connectivity index (χ3v) is 1.50. The summed E-state index contributed by atoms with van der Waals surface area (Å²) in [6.07, 6.45) is 5.63. The van der Waals surface area contributed by atoms with Crippen LogP contribution in [0.2, 0.25) is 0 Å². The van der Waals surface area contributed by atoms with Crippen LogP contribution in [0.3, 0.4) is 0 Å². The number of rotatable bonds is 2. The minimum atomic E-state index is -0.349. The van der Waals surface area contributed by atoms with Gasteiger partial charge in [-0.15, -0.1) is 0 Å². The van der Waals surface area contributed by atoms with Crippen LogP contribution in [0.15, 0.2) is 29.1 Å². The zero-order valence-corrected chi connectivity index (χ0v) is 7.17. The first kappa shape index (κ1) is 9.35. The highest BCUT2D eigenvalue weighted by atomic mass is 16.5. The molecule has 0 aromatic carbocycles. The summed E-state index contributed by atoms with van der Waals surface area (Å²) in [5, 5.41) is 3.51. The van der Waals surface area contributed by atoms with Crippen molar-refractivity contribution in [2.45, 2.75) is 19.4 Å². The molecule has 0 spiro atoms. The van der Waals surface area contributed by atoms with Crippen molar-refractivity contribution in [3.63, 3.8) is 0 Å². The van der Waals surface area contributed by atoms with Gasteiger partial charge < -0.3 is 4.74 Å². The molecule has 1 aliphatic carbocycles. The molecule has 0 saturated carbocycles. The van der Waals surface area contributed by atoms with Crippen LogP contribution in [0.1, 0.15) is 13.3 Å². The van der Waals surface area contributed by atoms with Crippen LogP contribution in [-0.2, 0) is 9.53 Å². The fraction of sp³-hybridized carbons (Fsp3) is 0.375. The molecule has 1 rings (SSSR count). The minimum absolute atomic E-state index is 0.163. The number of hydrogen-bond donors (Lipinski definition) is 0. The number of esters is 1. The molecule has 0 fully saturated rings. The van der Waals surface area contributed by atoms with Gasteiger partial charge in [0.1, 0.15) is 5.76 Å². The minimum Gasteiger partial charge on any atom is -0.427 e. The third kappa shape index (κ3) is 3.01. The van der Waals surface area contributed by atoms with Gasteiger partial charge >= 0.3 is 5.97 Å². The molecular formula is C8H9N3O2. The van der Waals surface area contributed by atoms with Gasteiger partial charge in [-0.25, -0.2) is 0 Å². The largest absolute Gasteiger partial charge is 0.427 e. The normalized spacial score (nSPS) is 20.1. The number of ether oxygens (including phenoxy) is 1. The lowest BCUT2D eigenvalue weighted by atomic mass is 10.1. The van der Waals surface area contributed by atoms with E-state index in [9.17, 15) is 4.79 Å². The fourth-order valence-corrected chi connectivity index (χ4v) is 0.983. The molecule has 0 radical (unpaired) electrons. The molecule has 13 heavy (non-hydrogen) atoms. The maximum Gasteiger partial charge on any atom is 0.308 e. The summed E-state index contributed by atoms with van der Waals surface area (Å²) in [4.78, 5) is 13.2. The first-order valence-electron chi connectivity index (χ1n) is 3.83. The van der Waals surface area contributed by atoms with E-state index in [1.54, 1.807) is 18.2 Å². The Hall–Kier alpha value is -1.74. The lowest BCUT2D eigenvalue weighted by molar-refractivity contribution is -0.136. The Kier molecular flexibility index (Phi) is 3.11. The summed E-state index contributed by atoms with van der Waals surface area (Å²) in [5.74, 6) is 0.162. The highest BCUT2D eigenvalue weighted by Gasteiger charge is 2.08.